The summed E-state index contributed by atoms with van der Waals surface area (Å²) in [4.78, 5) is 0. The first-order valence-corrected chi connectivity index (χ1v) is 12.7. The zero-order chi connectivity index (χ0) is 27.5. The Hall–Kier alpha value is -4.69. The molecule has 1 aromatic heterocycles. The molecule has 9 nitrogen and oxygen atoms in total. The topological polar surface area (TPSA) is 129 Å². The lowest BCUT2D eigenvalue weighted by molar-refractivity contribution is -0.536. The fourth-order valence-electron chi connectivity index (χ4n) is 2.90. The Kier molecular flexibility index (Phi) is 9.56. The van der Waals surface area contributed by atoms with Crippen molar-refractivity contribution in [2.24, 2.45) is 0 Å². The molecule has 192 valence electrons. The summed E-state index contributed by atoms with van der Waals surface area (Å²) in [6.45, 7) is 0. The number of benzene rings is 3. The molecule has 38 heavy (non-hydrogen) atoms. The van der Waals surface area contributed by atoms with Crippen molar-refractivity contribution in [3.63, 3.8) is 0 Å². The average Bonchev–Trinajstić information content (AvgIpc) is 2.95. The second-order valence-corrected chi connectivity index (χ2v) is 9.51. The summed E-state index contributed by atoms with van der Waals surface area (Å²) in [5.41, 5.74) is 0.658. The van der Waals surface area contributed by atoms with Crippen molar-refractivity contribution in [2.45, 2.75) is 0 Å². The molecule has 1 heterocycles. The van der Waals surface area contributed by atoms with Crippen molar-refractivity contribution in [3.05, 3.63) is 107 Å². The number of hydrogen-bond acceptors (Lipinski definition) is 8. The average molecular weight is 550 g/mol. The smallest absolute Gasteiger partial charge is 0.728 e. The second kappa shape index (κ2) is 13.0. The first kappa shape index (κ1) is 27.9. The van der Waals surface area contributed by atoms with Crippen LogP contribution in [-0.4, -0.2) is 14.2 Å². The number of ether oxygens (including phenoxy) is 2. The summed E-state index contributed by atoms with van der Waals surface area (Å²) >= 11 is 5.53. The van der Waals surface area contributed by atoms with E-state index in [4.69, 9.17) is 40.6 Å². The van der Waals surface area contributed by atoms with Crippen LogP contribution in [0, 0.1) is 22.7 Å². The fraction of sp³-hybridized carbons (Fsp3) is 0.0741. The molecule has 0 spiro atoms. The quantitative estimate of drug-likeness (QED) is 0.285. The number of halogens is 1. The molecule has 11 heteroatoms. The third-order valence-electron chi connectivity index (χ3n) is 4.84. The molecule has 0 radical (unpaired) electrons. The summed E-state index contributed by atoms with van der Waals surface area (Å²) in [5.74, 6) is 1.78. The lowest BCUT2D eigenvalue weighted by Crippen LogP contribution is -2.35. The van der Waals surface area contributed by atoms with Gasteiger partial charge in [-0.1, -0.05) is 28.1 Å². The first-order chi connectivity index (χ1) is 18.3. The maximum atomic E-state index is 13.6. The summed E-state index contributed by atoms with van der Waals surface area (Å²) in [6.07, 6.45) is 2.96. The van der Waals surface area contributed by atoms with E-state index in [1.165, 1.54) is 47.1 Å². The number of nitriles is 2. The van der Waals surface area contributed by atoms with Gasteiger partial charge < -0.3 is 23.6 Å². The zero-order valence-electron chi connectivity index (χ0n) is 20.3. The van der Waals surface area contributed by atoms with E-state index in [1.54, 1.807) is 68.8 Å². The standard InChI is InChI=1S/C20H18N2O5P.C7H4ClNO/c1-24-17-3-7-19(8-4-17)26-28(23,22-13-11-16(15-21)12-14-22)27-20-9-5-18(25-2)6-10-20;8-7-2-1-6(10)3-5(7)4-9/h3-14H,1-2H3;1-3,10H/q+1;/p-1. The van der Waals surface area contributed by atoms with Gasteiger partial charge in [0.15, 0.2) is 12.4 Å². The van der Waals surface area contributed by atoms with Crippen LogP contribution in [0.3, 0.4) is 0 Å². The van der Waals surface area contributed by atoms with Gasteiger partial charge in [0.05, 0.1) is 36.4 Å². The molecule has 0 unspecified atom stereocenters. The largest absolute Gasteiger partial charge is 0.872 e. The van der Waals surface area contributed by atoms with E-state index >= 15 is 0 Å². The number of aromatic nitrogens is 1. The van der Waals surface area contributed by atoms with Crippen LogP contribution < -0.4 is 28.0 Å². The molecule has 0 N–H and O–H groups in total. The van der Waals surface area contributed by atoms with Crippen LogP contribution in [0.2, 0.25) is 5.02 Å². The van der Waals surface area contributed by atoms with Gasteiger partial charge in [-0.05, 0) is 54.6 Å². The minimum absolute atomic E-state index is 0.194. The van der Waals surface area contributed by atoms with Crippen LogP contribution in [0.1, 0.15) is 11.1 Å². The van der Waals surface area contributed by atoms with Crippen LogP contribution in [0.25, 0.3) is 0 Å². The summed E-state index contributed by atoms with van der Waals surface area (Å²) in [7, 11) is -0.756. The highest BCUT2D eigenvalue weighted by Gasteiger charge is 2.42. The third kappa shape index (κ3) is 7.41. The normalized spacial score (nSPS) is 10.1. The van der Waals surface area contributed by atoms with Crippen LogP contribution in [0.15, 0.2) is 91.3 Å². The predicted molar refractivity (Wildman–Crippen MR) is 137 cm³/mol. The van der Waals surface area contributed by atoms with E-state index in [1.807, 2.05) is 6.07 Å². The van der Waals surface area contributed by atoms with E-state index in [9.17, 15) is 9.67 Å². The highest BCUT2D eigenvalue weighted by molar-refractivity contribution is 7.47. The maximum Gasteiger partial charge on any atom is 0.728 e. The van der Waals surface area contributed by atoms with E-state index in [0.717, 1.165) is 0 Å². The van der Waals surface area contributed by atoms with E-state index in [2.05, 4.69) is 0 Å². The number of methoxy groups -OCH3 is 2. The Balaban J connectivity index is 0.000000336. The maximum absolute atomic E-state index is 13.6. The number of hydrogen-bond donors (Lipinski definition) is 0. The molecule has 0 saturated heterocycles. The minimum atomic E-state index is -3.87. The van der Waals surface area contributed by atoms with Gasteiger partial charge in [-0.15, -0.1) is 5.75 Å². The van der Waals surface area contributed by atoms with Crippen molar-refractivity contribution in [1.29, 1.82) is 10.5 Å². The molecule has 4 aromatic rings. The molecule has 0 saturated carbocycles. The molecular weight excluding hydrogens is 529 g/mol. The molecule has 0 fully saturated rings. The molecule has 0 aliphatic heterocycles. The molecule has 0 bridgehead atoms. The van der Waals surface area contributed by atoms with Gasteiger partial charge >= 0.3 is 7.75 Å². The third-order valence-corrected chi connectivity index (χ3v) is 6.89. The lowest BCUT2D eigenvalue weighted by atomic mass is 10.2. The molecular formula is C27H21ClN3O6P. The van der Waals surface area contributed by atoms with Crippen LogP contribution in [0.4, 0.5) is 0 Å². The Morgan fingerprint density at radius 3 is 1.63 bits per heavy atom. The SMILES string of the molecule is COc1ccc(OP(=O)(Oc2ccc(OC)cc2)[n+]2ccc(C#N)cc2)cc1.N#Cc1cc([O-])ccc1Cl. The molecule has 4 rings (SSSR count). The van der Waals surface area contributed by atoms with Crippen LogP contribution in [0.5, 0.6) is 28.7 Å². The van der Waals surface area contributed by atoms with E-state index in [-0.39, 0.29) is 11.3 Å². The highest BCUT2D eigenvalue weighted by Crippen LogP contribution is 2.44. The lowest BCUT2D eigenvalue weighted by Gasteiger charge is -2.14. The van der Waals surface area contributed by atoms with Crippen molar-refractivity contribution >= 4 is 19.3 Å². The van der Waals surface area contributed by atoms with Crippen molar-refractivity contribution in [1.82, 2.24) is 0 Å². The number of rotatable bonds is 7. The van der Waals surface area contributed by atoms with Gasteiger partial charge in [-0.25, -0.2) is 0 Å². The summed E-state index contributed by atoms with van der Waals surface area (Å²) < 4.78 is 36.7. The monoisotopic (exact) mass is 549 g/mol. The molecule has 0 aliphatic rings. The van der Waals surface area contributed by atoms with Crippen molar-refractivity contribution < 1.29 is 32.5 Å². The van der Waals surface area contributed by atoms with E-state index in [0.29, 0.717) is 33.6 Å². The number of nitrogens with zero attached hydrogens (tertiary/aromatic N) is 3. The Morgan fingerprint density at radius 1 is 0.763 bits per heavy atom. The fourth-order valence-corrected chi connectivity index (χ4v) is 4.52. The van der Waals surface area contributed by atoms with Crippen molar-refractivity contribution in [2.75, 3.05) is 14.2 Å². The Bertz CT molecular complexity index is 1450. The second-order valence-electron chi connectivity index (χ2n) is 7.33. The highest BCUT2D eigenvalue weighted by atomic mass is 35.5. The van der Waals surface area contributed by atoms with Crippen LogP contribution in [-0.2, 0) is 4.57 Å². The first-order valence-electron chi connectivity index (χ1n) is 10.9. The van der Waals surface area contributed by atoms with Gasteiger partial charge in [-0.3, -0.25) is 0 Å². The van der Waals surface area contributed by atoms with E-state index < -0.39 is 7.75 Å². The zero-order valence-corrected chi connectivity index (χ0v) is 21.9. The summed E-state index contributed by atoms with van der Waals surface area (Å²) in [6, 6.07) is 24.1. The van der Waals surface area contributed by atoms with Crippen LogP contribution >= 0.6 is 19.3 Å². The predicted octanol–water partition coefficient (Wildman–Crippen LogP) is 5.26. The molecule has 0 aliphatic carbocycles. The summed E-state index contributed by atoms with van der Waals surface area (Å²) in [5, 5.41) is 28.3. The van der Waals surface area contributed by atoms with Gasteiger partial charge in [0, 0.05) is 12.1 Å². The van der Waals surface area contributed by atoms with Gasteiger partial charge in [-0.2, -0.15) is 15.1 Å². The Morgan fingerprint density at radius 2 is 1.24 bits per heavy atom. The molecule has 0 amide bonds. The van der Waals surface area contributed by atoms with Gasteiger partial charge in [0.25, 0.3) is 0 Å². The van der Waals surface area contributed by atoms with Gasteiger partial charge in [0.2, 0.25) is 0 Å². The number of pyridine rings is 1. The minimum Gasteiger partial charge on any atom is -0.872 e. The Labute approximate surface area is 224 Å². The van der Waals surface area contributed by atoms with Gasteiger partial charge in [0.1, 0.15) is 29.1 Å². The molecule has 3 aromatic carbocycles. The van der Waals surface area contributed by atoms with Crippen molar-refractivity contribution in [3.8, 4) is 40.9 Å². The molecule has 0 atom stereocenters.